The fourth-order valence-corrected chi connectivity index (χ4v) is 5.11. The summed E-state index contributed by atoms with van der Waals surface area (Å²) in [5, 5.41) is 8.69. The molecule has 0 radical (unpaired) electrons. The van der Waals surface area contributed by atoms with E-state index in [9.17, 15) is 19.2 Å². The van der Waals surface area contributed by atoms with Crippen molar-refractivity contribution in [3.63, 3.8) is 0 Å². The summed E-state index contributed by atoms with van der Waals surface area (Å²) >= 11 is 0. The van der Waals surface area contributed by atoms with Crippen LogP contribution in [-0.2, 0) is 33.4 Å². The van der Waals surface area contributed by atoms with E-state index >= 15 is 0 Å². The predicted octanol–water partition coefficient (Wildman–Crippen LogP) is 9.64. The molecule has 8 heteroatoms. The van der Waals surface area contributed by atoms with Crippen molar-refractivity contribution in [1.29, 1.82) is 0 Å². The monoisotopic (exact) mass is 626 g/mol. The lowest BCUT2D eigenvalue weighted by atomic mass is 10.1. The minimum absolute atomic E-state index is 0.114. The Kier molecular flexibility index (Phi) is 30.7. The van der Waals surface area contributed by atoms with Gasteiger partial charge in [-0.2, -0.15) is 0 Å². The Morgan fingerprint density at radius 2 is 0.727 bits per heavy atom. The number of hydrogen-bond acceptors (Lipinski definition) is 7. The molecule has 0 aromatic carbocycles. The molecule has 0 aliphatic heterocycles. The number of carbonyl (C=O) groups is 4. The van der Waals surface area contributed by atoms with Gasteiger partial charge in [0, 0.05) is 25.7 Å². The van der Waals surface area contributed by atoms with E-state index in [0.717, 1.165) is 57.8 Å². The van der Waals surface area contributed by atoms with Gasteiger partial charge in [0.1, 0.15) is 13.2 Å². The van der Waals surface area contributed by atoms with Crippen LogP contribution in [0.2, 0.25) is 0 Å². The summed E-state index contributed by atoms with van der Waals surface area (Å²) in [5.41, 5.74) is 0. The average Bonchev–Trinajstić information content (AvgIpc) is 3.00. The van der Waals surface area contributed by atoms with Gasteiger partial charge in [0.2, 0.25) is 0 Å². The second-order valence-electron chi connectivity index (χ2n) is 12.3. The lowest BCUT2D eigenvalue weighted by Gasteiger charge is -2.18. The van der Waals surface area contributed by atoms with E-state index < -0.39 is 12.1 Å². The highest BCUT2D eigenvalue weighted by atomic mass is 16.6. The molecule has 0 heterocycles. The molecule has 258 valence electrons. The van der Waals surface area contributed by atoms with Crippen LogP contribution in [0.25, 0.3) is 0 Å². The molecular formula is C36H66O8. The van der Waals surface area contributed by atoms with E-state index in [2.05, 4.69) is 13.8 Å². The molecular weight excluding hydrogens is 560 g/mol. The average molecular weight is 627 g/mol. The molecule has 0 aliphatic carbocycles. The summed E-state index contributed by atoms with van der Waals surface area (Å²) in [7, 11) is 0. The molecule has 0 saturated heterocycles. The topological polar surface area (TPSA) is 116 Å². The SMILES string of the molecule is CCCCCCCCCCCC(=O)OCC(COC(=O)CCCCCCCC(=O)O)OC(=O)CCCCCCCCCCC. The molecule has 0 amide bonds. The standard InChI is InChI=1S/C36H66O8/c1-3-5-7-9-11-13-15-19-23-27-34(39)42-30-32(31-43-35(40)28-24-21-17-18-22-26-33(37)38)44-36(41)29-25-20-16-14-12-10-8-6-4-2/h32H,3-31H2,1-2H3,(H,37,38). The van der Waals surface area contributed by atoms with Crippen molar-refractivity contribution in [2.24, 2.45) is 0 Å². The Morgan fingerprint density at radius 1 is 0.432 bits per heavy atom. The first-order chi connectivity index (χ1) is 21.4. The van der Waals surface area contributed by atoms with Gasteiger partial charge < -0.3 is 19.3 Å². The van der Waals surface area contributed by atoms with Crippen molar-refractivity contribution in [3.8, 4) is 0 Å². The van der Waals surface area contributed by atoms with Crippen LogP contribution < -0.4 is 0 Å². The third-order valence-corrected chi connectivity index (χ3v) is 7.90. The van der Waals surface area contributed by atoms with Gasteiger partial charge >= 0.3 is 23.9 Å². The molecule has 0 aromatic rings. The van der Waals surface area contributed by atoms with Crippen LogP contribution in [0.1, 0.15) is 187 Å². The molecule has 0 bridgehead atoms. The lowest BCUT2D eigenvalue weighted by Crippen LogP contribution is -2.30. The number of unbranched alkanes of at least 4 members (excludes halogenated alkanes) is 20. The highest BCUT2D eigenvalue weighted by Gasteiger charge is 2.19. The van der Waals surface area contributed by atoms with E-state index in [1.807, 2.05) is 0 Å². The minimum atomic E-state index is -0.812. The van der Waals surface area contributed by atoms with Crippen molar-refractivity contribution >= 4 is 23.9 Å². The van der Waals surface area contributed by atoms with E-state index in [1.165, 1.54) is 77.0 Å². The van der Waals surface area contributed by atoms with Gasteiger partial charge in [0.25, 0.3) is 0 Å². The Hall–Kier alpha value is -2.12. The summed E-state index contributed by atoms with van der Waals surface area (Å²) in [6.07, 6.45) is 24.9. The number of carboxylic acid groups (broad SMARTS) is 1. The molecule has 1 unspecified atom stereocenters. The zero-order chi connectivity index (χ0) is 32.5. The maximum Gasteiger partial charge on any atom is 0.306 e. The summed E-state index contributed by atoms with van der Waals surface area (Å²) in [5.74, 6) is -1.84. The zero-order valence-electron chi connectivity index (χ0n) is 28.4. The highest BCUT2D eigenvalue weighted by Crippen LogP contribution is 2.13. The van der Waals surface area contributed by atoms with Gasteiger partial charge in [-0.1, -0.05) is 136 Å². The molecule has 0 rings (SSSR count). The second-order valence-corrected chi connectivity index (χ2v) is 12.3. The van der Waals surface area contributed by atoms with Crippen molar-refractivity contribution < 1.29 is 38.5 Å². The summed E-state index contributed by atoms with van der Waals surface area (Å²) in [6, 6.07) is 0. The van der Waals surface area contributed by atoms with Crippen molar-refractivity contribution in [2.45, 2.75) is 193 Å². The number of rotatable bonds is 33. The third-order valence-electron chi connectivity index (χ3n) is 7.90. The van der Waals surface area contributed by atoms with E-state index in [1.54, 1.807) is 0 Å². The third kappa shape index (κ3) is 31.3. The molecule has 0 aliphatic rings. The first-order valence-electron chi connectivity index (χ1n) is 18.1. The Labute approximate surface area is 268 Å². The first kappa shape index (κ1) is 41.9. The molecule has 8 nitrogen and oxygen atoms in total. The number of aliphatic carboxylic acids is 1. The van der Waals surface area contributed by atoms with Crippen molar-refractivity contribution in [3.05, 3.63) is 0 Å². The number of carbonyl (C=O) groups excluding carboxylic acids is 3. The normalized spacial score (nSPS) is 11.7. The maximum atomic E-state index is 12.5. The molecule has 1 N–H and O–H groups in total. The van der Waals surface area contributed by atoms with Crippen LogP contribution in [0, 0.1) is 0 Å². The predicted molar refractivity (Wildman–Crippen MR) is 175 cm³/mol. The van der Waals surface area contributed by atoms with E-state index in [-0.39, 0.29) is 44.0 Å². The van der Waals surface area contributed by atoms with E-state index in [4.69, 9.17) is 19.3 Å². The maximum absolute atomic E-state index is 12.5. The van der Waals surface area contributed by atoms with Crippen LogP contribution in [0.5, 0.6) is 0 Å². The number of esters is 3. The lowest BCUT2D eigenvalue weighted by molar-refractivity contribution is -0.167. The number of carboxylic acids is 1. The van der Waals surface area contributed by atoms with Gasteiger partial charge in [-0.25, -0.2) is 0 Å². The van der Waals surface area contributed by atoms with Crippen molar-refractivity contribution in [2.75, 3.05) is 13.2 Å². The fraction of sp³-hybridized carbons (Fsp3) is 0.889. The molecule has 0 saturated carbocycles. The largest absolute Gasteiger partial charge is 0.481 e. The van der Waals surface area contributed by atoms with Crippen LogP contribution in [0.3, 0.4) is 0 Å². The van der Waals surface area contributed by atoms with Crippen LogP contribution in [-0.4, -0.2) is 48.3 Å². The first-order valence-corrected chi connectivity index (χ1v) is 18.1. The summed E-state index contributed by atoms with van der Waals surface area (Å²) in [6.45, 7) is 4.19. The van der Waals surface area contributed by atoms with Crippen LogP contribution in [0.4, 0.5) is 0 Å². The Balaban J connectivity index is 4.37. The molecule has 0 spiro atoms. The van der Waals surface area contributed by atoms with Gasteiger partial charge in [-0.05, 0) is 25.7 Å². The molecule has 1 atom stereocenters. The quantitative estimate of drug-likeness (QED) is 0.0435. The van der Waals surface area contributed by atoms with Crippen LogP contribution >= 0.6 is 0 Å². The van der Waals surface area contributed by atoms with Gasteiger partial charge in [0.15, 0.2) is 6.10 Å². The molecule has 0 fully saturated rings. The Morgan fingerprint density at radius 3 is 1.07 bits per heavy atom. The zero-order valence-corrected chi connectivity index (χ0v) is 28.4. The summed E-state index contributed by atoms with van der Waals surface area (Å²) < 4.78 is 16.3. The van der Waals surface area contributed by atoms with Crippen molar-refractivity contribution in [1.82, 2.24) is 0 Å². The van der Waals surface area contributed by atoms with Gasteiger partial charge in [-0.3, -0.25) is 19.2 Å². The van der Waals surface area contributed by atoms with Gasteiger partial charge in [0.05, 0.1) is 0 Å². The van der Waals surface area contributed by atoms with E-state index in [0.29, 0.717) is 25.7 Å². The van der Waals surface area contributed by atoms with Crippen LogP contribution in [0.15, 0.2) is 0 Å². The minimum Gasteiger partial charge on any atom is -0.481 e. The Bertz CT molecular complexity index is 708. The number of hydrogen-bond donors (Lipinski definition) is 1. The molecule has 0 aromatic heterocycles. The summed E-state index contributed by atoms with van der Waals surface area (Å²) in [4.78, 5) is 47.7. The molecule has 44 heavy (non-hydrogen) atoms. The smallest absolute Gasteiger partial charge is 0.306 e. The number of ether oxygens (including phenoxy) is 3. The second kappa shape index (κ2) is 32.3. The van der Waals surface area contributed by atoms with Gasteiger partial charge in [-0.15, -0.1) is 0 Å². The fourth-order valence-electron chi connectivity index (χ4n) is 5.11. The highest BCUT2D eigenvalue weighted by molar-refractivity contribution is 5.71.